The molecule has 124 valence electrons. The number of carbonyl (C=O) groups excluding carboxylic acids is 2. The molecule has 2 aliphatic rings. The van der Waals surface area contributed by atoms with Crippen LogP contribution in [0.1, 0.15) is 52.9 Å². The Morgan fingerprint density at radius 3 is 2.41 bits per heavy atom. The maximum Gasteiger partial charge on any atom is 0.408 e. The molecule has 22 heavy (non-hydrogen) atoms. The lowest BCUT2D eigenvalue weighted by molar-refractivity contribution is -0.150. The van der Waals surface area contributed by atoms with Gasteiger partial charge in [0.25, 0.3) is 0 Å². The van der Waals surface area contributed by atoms with Gasteiger partial charge in [0, 0.05) is 0 Å². The fraction of sp³-hybridized carbons (Fsp3) is 0.800. The topological polar surface area (TPSA) is 119 Å². The predicted molar refractivity (Wildman–Crippen MR) is 77.9 cm³/mol. The zero-order valence-corrected chi connectivity index (χ0v) is 13.3. The molecule has 2 saturated carbocycles. The molecule has 3 unspecified atom stereocenters. The van der Waals surface area contributed by atoms with Gasteiger partial charge in [-0.3, -0.25) is 9.59 Å². The van der Waals surface area contributed by atoms with E-state index in [-0.39, 0.29) is 18.8 Å². The maximum atomic E-state index is 12.0. The summed E-state index contributed by atoms with van der Waals surface area (Å²) in [5.74, 6) is -1.76. The summed E-state index contributed by atoms with van der Waals surface area (Å²) in [6, 6.07) is 0. The third kappa shape index (κ3) is 2.76. The first-order valence-corrected chi connectivity index (χ1v) is 7.55. The number of carboxylic acid groups (broad SMARTS) is 1. The number of nitrogens with one attached hydrogen (secondary N) is 1. The minimum absolute atomic E-state index is 0.0363. The number of aliphatic carboxylic acids is 1. The van der Waals surface area contributed by atoms with Gasteiger partial charge in [0.2, 0.25) is 5.91 Å². The van der Waals surface area contributed by atoms with Crippen LogP contribution in [0.5, 0.6) is 0 Å². The van der Waals surface area contributed by atoms with Gasteiger partial charge in [0.15, 0.2) is 0 Å². The van der Waals surface area contributed by atoms with Crippen LogP contribution in [0.4, 0.5) is 4.79 Å². The molecule has 0 saturated heterocycles. The van der Waals surface area contributed by atoms with E-state index >= 15 is 0 Å². The maximum absolute atomic E-state index is 12.0. The molecule has 2 aliphatic carbocycles. The first-order chi connectivity index (χ1) is 10.0. The van der Waals surface area contributed by atoms with Crippen molar-refractivity contribution >= 4 is 18.0 Å². The number of alkyl carbamates (subject to hydrolysis) is 1. The second kappa shape index (κ2) is 5.14. The smallest absolute Gasteiger partial charge is 0.408 e. The van der Waals surface area contributed by atoms with Gasteiger partial charge in [-0.05, 0) is 52.4 Å². The quantitative estimate of drug-likeness (QED) is 0.728. The monoisotopic (exact) mass is 312 g/mol. The highest BCUT2D eigenvalue weighted by atomic mass is 16.6. The largest absolute Gasteiger partial charge is 0.481 e. The summed E-state index contributed by atoms with van der Waals surface area (Å²) in [5, 5.41) is 12.2. The summed E-state index contributed by atoms with van der Waals surface area (Å²) in [7, 11) is 0. The average Bonchev–Trinajstić information content (AvgIpc) is 2.81. The van der Waals surface area contributed by atoms with Crippen LogP contribution in [0.25, 0.3) is 0 Å². The molecule has 0 radical (unpaired) electrons. The second-order valence-corrected chi connectivity index (χ2v) is 7.50. The SMILES string of the molecule is CC(C)(C)OC(=O)NC1(C(N)=O)CC2CCCC2(C(=O)O)C1. The van der Waals surface area contributed by atoms with E-state index in [9.17, 15) is 19.5 Å². The molecular weight excluding hydrogens is 288 g/mol. The molecule has 2 rings (SSSR count). The van der Waals surface area contributed by atoms with Crippen molar-refractivity contribution in [1.82, 2.24) is 5.32 Å². The van der Waals surface area contributed by atoms with Crippen LogP contribution in [0.15, 0.2) is 0 Å². The van der Waals surface area contributed by atoms with Crippen molar-refractivity contribution in [1.29, 1.82) is 0 Å². The first-order valence-electron chi connectivity index (χ1n) is 7.55. The summed E-state index contributed by atoms with van der Waals surface area (Å²) in [6.45, 7) is 5.14. The van der Waals surface area contributed by atoms with E-state index in [1.54, 1.807) is 20.8 Å². The van der Waals surface area contributed by atoms with Gasteiger partial charge in [-0.1, -0.05) is 6.42 Å². The number of carbonyl (C=O) groups is 3. The van der Waals surface area contributed by atoms with E-state index < -0.39 is 34.5 Å². The van der Waals surface area contributed by atoms with E-state index in [1.807, 2.05) is 0 Å². The van der Waals surface area contributed by atoms with Gasteiger partial charge in [0.05, 0.1) is 5.41 Å². The Morgan fingerprint density at radius 2 is 1.95 bits per heavy atom. The van der Waals surface area contributed by atoms with Crippen LogP contribution in [0.2, 0.25) is 0 Å². The fourth-order valence-corrected chi connectivity index (χ4v) is 3.91. The van der Waals surface area contributed by atoms with Gasteiger partial charge < -0.3 is 20.9 Å². The minimum atomic E-state index is -1.34. The molecule has 0 bridgehead atoms. The summed E-state index contributed by atoms with van der Waals surface area (Å²) in [4.78, 5) is 35.7. The molecule has 4 N–H and O–H groups in total. The molecule has 2 amide bonds. The fourth-order valence-electron chi connectivity index (χ4n) is 3.91. The lowest BCUT2D eigenvalue weighted by Gasteiger charge is -2.31. The second-order valence-electron chi connectivity index (χ2n) is 7.50. The third-order valence-electron chi connectivity index (χ3n) is 4.81. The van der Waals surface area contributed by atoms with Crippen molar-refractivity contribution in [3.05, 3.63) is 0 Å². The summed E-state index contributed by atoms with van der Waals surface area (Å²) in [5.41, 5.74) is 2.49. The number of amides is 2. The number of hydrogen-bond donors (Lipinski definition) is 3. The number of fused-ring (bicyclic) bond motifs is 1. The predicted octanol–water partition coefficient (Wildman–Crippen LogP) is 1.40. The zero-order valence-electron chi connectivity index (χ0n) is 13.3. The Bertz CT molecular complexity index is 513. The number of carboxylic acids is 1. The van der Waals surface area contributed by atoms with Crippen LogP contribution in [0, 0.1) is 11.3 Å². The molecule has 7 heteroatoms. The molecule has 0 heterocycles. The Morgan fingerprint density at radius 1 is 1.32 bits per heavy atom. The molecule has 0 aromatic heterocycles. The highest BCUT2D eigenvalue weighted by Crippen LogP contribution is 2.57. The summed E-state index contributed by atoms with van der Waals surface area (Å²) in [6.07, 6.45) is 1.61. The Kier molecular flexibility index (Phi) is 3.87. The molecule has 0 spiro atoms. The van der Waals surface area contributed by atoms with Crippen LogP contribution >= 0.6 is 0 Å². The number of rotatable bonds is 3. The summed E-state index contributed by atoms with van der Waals surface area (Å²) >= 11 is 0. The minimum Gasteiger partial charge on any atom is -0.481 e. The van der Waals surface area contributed by atoms with Gasteiger partial charge in [0.1, 0.15) is 11.1 Å². The lowest BCUT2D eigenvalue weighted by Crippen LogP contribution is -2.57. The van der Waals surface area contributed by atoms with E-state index in [0.29, 0.717) is 6.42 Å². The van der Waals surface area contributed by atoms with Crippen LogP contribution in [-0.4, -0.2) is 34.2 Å². The average molecular weight is 312 g/mol. The van der Waals surface area contributed by atoms with Gasteiger partial charge in [-0.2, -0.15) is 0 Å². The summed E-state index contributed by atoms with van der Waals surface area (Å²) < 4.78 is 5.19. The van der Waals surface area contributed by atoms with E-state index in [0.717, 1.165) is 12.8 Å². The van der Waals surface area contributed by atoms with Crippen molar-refractivity contribution in [2.24, 2.45) is 17.1 Å². The standard InChI is InChI=1S/C15H24N2O5/c1-13(2,3)22-12(21)17-15(10(16)18)7-9-5-4-6-14(9,8-15)11(19)20/h9H,4-8H2,1-3H3,(H2,16,18)(H,17,21)(H,19,20). The first kappa shape index (κ1) is 16.6. The molecule has 0 aromatic rings. The molecule has 3 atom stereocenters. The number of hydrogen-bond acceptors (Lipinski definition) is 4. The van der Waals surface area contributed by atoms with Crippen molar-refractivity contribution in [2.45, 2.75) is 64.0 Å². The normalized spacial score (nSPS) is 34.0. The molecule has 0 aromatic carbocycles. The molecule has 7 nitrogen and oxygen atoms in total. The van der Waals surface area contributed by atoms with E-state index in [2.05, 4.69) is 5.32 Å². The highest BCUT2D eigenvalue weighted by molar-refractivity contribution is 5.91. The highest BCUT2D eigenvalue weighted by Gasteiger charge is 2.63. The van der Waals surface area contributed by atoms with Gasteiger partial charge in [-0.15, -0.1) is 0 Å². The zero-order chi connectivity index (χ0) is 16.8. The number of primary amides is 1. The number of nitrogens with two attached hydrogens (primary N) is 1. The van der Waals surface area contributed by atoms with Crippen LogP contribution < -0.4 is 11.1 Å². The molecule has 0 aliphatic heterocycles. The van der Waals surface area contributed by atoms with Crippen LogP contribution in [0.3, 0.4) is 0 Å². The van der Waals surface area contributed by atoms with Crippen molar-refractivity contribution in [3.8, 4) is 0 Å². The van der Waals surface area contributed by atoms with E-state index in [4.69, 9.17) is 10.5 Å². The molecule has 2 fully saturated rings. The Labute approximate surface area is 129 Å². The van der Waals surface area contributed by atoms with Gasteiger partial charge in [-0.25, -0.2) is 4.79 Å². The Hall–Kier alpha value is -1.79. The third-order valence-corrected chi connectivity index (χ3v) is 4.81. The van der Waals surface area contributed by atoms with Crippen molar-refractivity contribution in [3.63, 3.8) is 0 Å². The van der Waals surface area contributed by atoms with Crippen molar-refractivity contribution < 1.29 is 24.2 Å². The van der Waals surface area contributed by atoms with Crippen molar-refractivity contribution in [2.75, 3.05) is 0 Å². The lowest BCUT2D eigenvalue weighted by atomic mass is 9.79. The van der Waals surface area contributed by atoms with E-state index in [1.165, 1.54) is 0 Å². The molecular formula is C15H24N2O5. The van der Waals surface area contributed by atoms with Crippen LogP contribution in [-0.2, 0) is 14.3 Å². The number of ether oxygens (including phenoxy) is 1. The van der Waals surface area contributed by atoms with Gasteiger partial charge >= 0.3 is 12.1 Å². The Balaban J connectivity index is 2.23.